The number of aromatic nitrogens is 1. The molecular weight excluding hydrogens is 298 g/mol. The molecule has 1 amide bonds. The minimum atomic E-state index is -0.560. The number of nitrogens with zero attached hydrogens (tertiary/aromatic N) is 2. The third kappa shape index (κ3) is 4.26. The summed E-state index contributed by atoms with van der Waals surface area (Å²) in [7, 11) is 0. The second-order valence-electron chi connectivity index (χ2n) is 5.20. The van der Waals surface area contributed by atoms with E-state index in [1.165, 1.54) is 0 Å². The number of hydrogen-bond acceptors (Lipinski definition) is 5. The summed E-state index contributed by atoms with van der Waals surface area (Å²) in [6, 6.07) is 8.90. The largest absolute Gasteiger partial charge is 0.463 e. The van der Waals surface area contributed by atoms with Gasteiger partial charge in [0.05, 0.1) is 4.92 Å². The summed E-state index contributed by atoms with van der Waals surface area (Å²) in [5.74, 6) is -0.558. The Balaban J connectivity index is 2.08. The Kier molecular flexibility index (Phi) is 4.90. The molecule has 0 fully saturated rings. The molecule has 0 spiro atoms. The van der Waals surface area contributed by atoms with Gasteiger partial charge in [0.15, 0.2) is 6.61 Å². The minimum Gasteiger partial charge on any atom is -0.463 e. The van der Waals surface area contributed by atoms with E-state index in [9.17, 15) is 14.9 Å². The third-order valence-electron chi connectivity index (χ3n) is 3.10. The van der Waals surface area contributed by atoms with E-state index in [4.69, 9.17) is 4.74 Å². The average molecular weight is 315 g/mol. The van der Waals surface area contributed by atoms with Gasteiger partial charge in [0.1, 0.15) is 0 Å². The first-order chi connectivity index (χ1) is 10.9. The van der Waals surface area contributed by atoms with E-state index in [0.717, 1.165) is 5.56 Å². The minimum absolute atomic E-state index is 0.146. The first kappa shape index (κ1) is 16.4. The first-order valence-electron chi connectivity index (χ1n) is 6.99. The lowest BCUT2D eigenvalue weighted by Crippen LogP contribution is -2.21. The summed E-state index contributed by atoms with van der Waals surface area (Å²) >= 11 is 0. The van der Waals surface area contributed by atoms with Gasteiger partial charge in [0.25, 0.3) is 11.8 Å². The molecule has 23 heavy (non-hydrogen) atoms. The van der Waals surface area contributed by atoms with Gasteiger partial charge in [-0.1, -0.05) is 12.1 Å². The van der Waals surface area contributed by atoms with E-state index in [1.54, 1.807) is 26.0 Å². The molecule has 120 valence electrons. The van der Waals surface area contributed by atoms with Gasteiger partial charge in [-0.05, 0) is 44.5 Å². The number of rotatable bonds is 5. The maximum atomic E-state index is 11.9. The van der Waals surface area contributed by atoms with Crippen molar-refractivity contribution in [2.24, 2.45) is 0 Å². The standard InChI is InChI=1S/C16H17N3O4/c1-10-5-4-6-13(7-10)18-14(20)9-23-16-15(19(21)22)11(2)8-12(3)17-16/h4-8H,9H2,1-3H3,(H,18,20). The highest BCUT2D eigenvalue weighted by Crippen LogP contribution is 2.28. The molecule has 0 aliphatic heterocycles. The van der Waals surface area contributed by atoms with Crippen LogP contribution in [0, 0.1) is 30.9 Å². The molecule has 7 heteroatoms. The van der Waals surface area contributed by atoms with Gasteiger partial charge in [0, 0.05) is 16.9 Å². The number of nitro groups is 1. The highest BCUT2D eigenvalue weighted by atomic mass is 16.6. The lowest BCUT2D eigenvalue weighted by atomic mass is 10.2. The van der Waals surface area contributed by atoms with Crippen LogP contribution in [0.25, 0.3) is 0 Å². The van der Waals surface area contributed by atoms with E-state index >= 15 is 0 Å². The Morgan fingerprint density at radius 3 is 2.70 bits per heavy atom. The van der Waals surface area contributed by atoms with Crippen molar-refractivity contribution in [1.29, 1.82) is 0 Å². The summed E-state index contributed by atoms with van der Waals surface area (Å²) in [5.41, 5.74) is 2.45. The number of amides is 1. The van der Waals surface area contributed by atoms with Crippen LogP contribution in [0.15, 0.2) is 30.3 Å². The van der Waals surface area contributed by atoms with Crippen LogP contribution in [-0.2, 0) is 4.79 Å². The van der Waals surface area contributed by atoms with Crippen molar-refractivity contribution in [2.75, 3.05) is 11.9 Å². The summed E-state index contributed by atoms with van der Waals surface area (Å²) in [6.07, 6.45) is 0. The maximum absolute atomic E-state index is 11.9. The van der Waals surface area contributed by atoms with E-state index in [1.807, 2.05) is 25.1 Å². The molecule has 0 aliphatic rings. The Labute approximate surface area is 133 Å². The second-order valence-corrected chi connectivity index (χ2v) is 5.20. The number of ether oxygens (including phenoxy) is 1. The molecule has 2 rings (SSSR count). The molecule has 0 atom stereocenters. The quantitative estimate of drug-likeness (QED) is 0.676. The highest BCUT2D eigenvalue weighted by molar-refractivity contribution is 5.91. The molecule has 7 nitrogen and oxygen atoms in total. The fraction of sp³-hybridized carbons (Fsp3) is 0.250. The molecule has 1 aromatic heterocycles. The number of benzene rings is 1. The van der Waals surface area contributed by atoms with Crippen LogP contribution < -0.4 is 10.1 Å². The first-order valence-corrected chi connectivity index (χ1v) is 6.99. The number of nitrogens with one attached hydrogen (secondary N) is 1. The number of anilines is 1. The molecule has 1 N–H and O–H groups in total. The molecule has 0 aliphatic carbocycles. The fourth-order valence-corrected chi connectivity index (χ4v) is 2.17. The van der Waals surface area contributed by atoms with Gasteiger partial charge in [-0.3, -0.25) is 14.9 Å². The van der Waals surface area contributed by atoms with Gasteiger partial charge in [-0.15, -0.1) is 0 Å². The van der Waals surface area contributed by atoms with E-state index in [2.05, 4.69) is 10.3 Å². The molecule has 1 aromatic carbocycles. The van der Waals surface area contributed by atoms with Gasteiger partial charge >= 0.3 is 5.69 Å². The van der Waals surface area contributed by atoms with Crippen molar-refractivity contribution in [2.45, 2.75) is 20.8 Å². The van der Waals surface area contributed by atoms with Crippen molar-refractivity contribution in [1.82, 2.24) is 4.98 Å². The van der Waals surface area contributed by atoms with E-state index in [0.29, 0.717) is 16.9 Å². The Morgan fingerprint density at radius 2 is 2.04 bits per heavy atom. The predicted molar refractivity (Wildman–Crippen MR) is 85.7 cm³/mol. The zero-order valence-electron chi connectivity index (χ0n) is 13.1. The number of carbonyl (C=O) groups is 1. The van der Waals surface area contributed by atoms with Crippen LogP contribution in [-0.4, -0.2) is 22.4 Å². The molecule has 0 saturated heterocycles. The van der Waals surface area contributed by atoms with Crippen molar-refractivity contribution in [3.05, 3.63) is 57.3 Å². The molecule has 0 saturated carbocycles. The van der Waals surface area contributed by atoms with Crippen molar-refractivity contribution >= 4 is 17.3 Å². The monoisotopic (exact) mass is 315 g/mol. The number of carbonyl (C=O) groups excluding carboxylic acids is 1. The zero-order valence-corrected chi connectivity index (χ0v) is 13.1. The van der Waals surface area contributed by atoms with Crippen molar-refractivity contribution < 1.29 is 14.5 Å². The topological polar surface area (TPSA) is 94.4 Å². The summed E-state index contributed by atoms with van der Waals surface area (Å²) in [4.78, 5) is 26.5. The van der Waals surface area contributed by atoms with E-state index < -0.39 is 10.8 Å². The molecule has 1 heterocycles. The fourth-order valence-electron chi connectivity index (χ4n) is 2.17. The summed E-state index contributed by atoms with van der Waals surface area (Å²) in [6.45, 7) is 4.86. The van der Waals surface area contributed by atoms with Crippen LogP contribution in [0.5, 0.6) is 5.88 Å². The van der Waals surface area contributed by atoms with Gasteiger partial charge in [-0.2, -0.15) is 0 Å². The number of aryl methyl sites for hydroxylation is 3. The molecular formula is C16H17N3O4. The maximum Gasteiger partial charge on any atom is 0.333 e. The van der Waals surface area contributed by atoms with Gasteiger partial charge < -0.3 is 10.1 Å². The summed E-state index contributed by atoms with van der Waals surface area (Å²) in [5, 5.41) is 13.8. The molecule has 0 radical (unpaired) electrons. The average Bonchev–Trinajstić information content (AvgIpc) is 2.44. The Bertz CT molecular complexity index is 759. The van der Waals surface area contributed by atoms with Gasteiger partial charge in [-0.25, -0.2) is 4.98 Å². The SMILES string of the molecule is Cc1cccc(NC(=O)COc2nc(C)cc(C)c2[N+](=O)[O-])c1. The van der Waals surface area contributed by atoms with Crippen LogP contribution in [0.3, 0.4) is 0 Å². The van der Waals surface area contributed by atoms with Crippen LogP contribution in [0.1, 0.15) is 16.8 Å². The second kappa shape index (κ2) is 6.87. The third-order valence-corrected chi connectivity index (χ3v) is 3.10. The van der Waals surface area contributed by atoms with Crippen LogP contribution >= 0.6 is 0 Å². The highest BCUT2D eigenvalue weighted by Gasteiger charge is 2.22. The van der Waals surface area contributed by atoms with Gasteiger partial charge in [0.2, 0.25) is 0 Å². The lowest BCUT2D eigenvalue weighted by molar-refractivity contribution is -0.386. The molecule has 0 bridgehead atoms. The molecule has 2 aromatic rings. The van der Waals surface area contributed by atoms with Crippen molar-refractivity contribution in [3.8, 4) is 5.88 Å². The Hall–Kier alpha value is -2.96. The zero-order chi connectivity index (χ0) is 17.0. The molecule has 0 unspecified atom stereocenters. The van der Waals surface area contributed by atoms with E-state index in [-0.39, 0.29) is 18.2 Å². The lowest BCUT2D eigenvalue weighted by Gasteiger charge is -2.09. The number of pyridine rings is 1. The smallest absolute Gasteiger partial charge is 0.333 e. The normalized spacial score (nSPS) is 10.2. The van der Waals surface area contributed by atoms with Crippen LogP contribution in [0.4, 0.5) is 11.4 Å². The Morgan fingerprint density at radius 1 is 1.30 bits per heavy atom. The van der Waals surface area contributed by atoms with Crippen LogP contribution in [0.2, 0.25) is 0 Å². The summed E-state index contributed by atoms with van der Waals surface area (Å²) < 4.78 is 5.26. The predicted octanol–water partition coefficient (Wildman–Crippen LogP) is 2.93. The van der Waals surface area contributed by atoms with Crippen molar-refractivity contribution in [3.63, 3.8) is 0 Å². The number of hydrogen-bond donors (Lipinski definition) is 1.